The van der Waals surface area contributed by atoms with Gasteiger partial charge in [-0.05, 0) is 47.5 Å². The Morgan fingerprint density at radius 1 is 0.935 bits per heavy atom. The first-order chi connectivity index (χ1) is 15.2. The first-order valence-corrected chi connectivity index (χ1v) is 10.2. The van der Waals surface area contributed by atoms with E-state index < -0.39 is 6.10 Å². The number of benzene rings is 3. The van der Waals surface area contributed by atoms with Crippen LogP contribution >= 0.6 is 11.6 Å². The molecule has 2 atom stereocenters. The third kappa shape index (κ3) is 2.91. The number of halogens is 2. The highest BCUT2D eigenvalue weighted by molar-refractivity contribution is 6.30. The van der Waals surface area contributed by atoms with Crippen LogP contribution < -0.4 is 10.1 Å². The van der Waals surface area contributed by atoms with Gasteiger partial charge in [0.25, 0.3) is 0 Å². The number of ether oxygens (including phenoxy) is 1. The molecule has 0 saturated heterocycles. The van der Waals surface area contributed by atoms with Gasteiger partial charge in [-0.15, -0.1) is 0 Å². The highest BCUT2D eigenvalue weighted by Gasteiger charge is 2.40. The predicted molar refractivity (Wildman–Crippen MR) is 116 cm³/mol. The van der Waals surface area contributed by atoms with Crippen molar-refractivity contribution in [3.05, 3.63) is 112 Å². The van der Waals surface area contributed by atoms with Gasteiger partial charge in [-0.1, -0.05) is 48.0 Å². The topological polar surface area (TPSA) is 52.0 Å². The summed E-state index contributed by atoms with van der Waals surface area (Å²) in [6.07, 6.45) is 1.10. The van der Waals surface area contributed by atoms with E-state index in [1.54, 1.807) is 12.1 Å². The van der Waals surface area contributed by atoms with Crippen LogP contribution in [0.2, 0.25) is 5.02 Å². The first kappa shape index (κ1) is 18.2. The van der Waals surface area contributed by atoms with E-state index in [0.717, 1.165) is 33.7 Å². The fourth-order valence-corrected chi connectivity index (χ4v) is 4.42. The smallest absolute Gasteiger partial charge is 0.226 e. The maximum Gasteiger partial charge on any atom is 0.226 e. The molecule has 0 spiro atoms. The van der Waals surface area contributed by atoms with E-state index >= 15 is 0 Å². The zero-order chi connectivity index (χ0) is 20.9. The zero-order valence-electron chi connectivity index (χ0n) is 16.2. The largest absolute Gasteiger partial charge is 0.480 e. The molecular formula is C24H16ClFN4O. The summed E-state index contributed by atoms with van der Waals surface area (Å²) in [4.78, 5) is 4.41. The molecule has 2 aliphatic heterocycles. The fraction of sp³-hybridized carbons (Fsp3) is 0.0833. The highest BCUT2D eigenvalue weighted by Crippen LogP contribution is 2.50. The molecular weight excluding hydrogens is 415 g/mol. The van der Waals surface area contributed by atoms with Gasteiger partial charge in [0.1, 0.15) is 30.0 Å². The second-order valence-electron chi connectivity index (χ2n) is 7.48. The van der Waals surface area contributed by atoms with Crippen molar-refractivity contribution < 1.29 is 9.13 Å². The maximum absolute atomic E-state index is 13.7. The molecule has 152 valence electrons. The number of hydrogen-bond donors (Lipinski definition) is 1. The molecule has 0 radical (unpaired) electrons. The summed E-state index contributed by atoms with van der Waals surface area (Å²) in [6, 6.07) is 21.7. The standard InChI is InChI=1S/C24H16ClFN4O/c25-16-9-5-14(6-10-16)22-20-21(29-24-27-13-28-30(22)24)18-3-1-2-4-19(18)31-23(20)15-7-11-17(26)12-8-15/h1-13,22-23H,(H,27,28,29)/t22-,23+/m1/s1. The van der Waals surface area contributed by atoms with E-state index in [1.807, 2.05) is 53.2 Å². The minimum atomic E-state index is -0.434. The number of aromatic nitrogens is 3. The van der Waals surface area contributed by atoms with Gasteiger partial charge in [-0.3, -0.25) is 0 Å². The van der Waals surface area contributed by atoms with Crippen molar-refractivity contribution in [1.82, 2.24) is 14.8 Å². The normalized spacial score (nSPS) is 19.0. The average Bonchev–Trinajstić information content (AvgIpc) is 3.27. The van der Waals surface area contributed by atoms with Gasteiger partial charge in [0, 0.05) is 16.2 Å². The number of nitrogens with one attached hydrogen (secondary N) is 1. The minimum Gasteiger partial charge on any atom is -0.480 e. The van der Waals surface area contributed by atoms with Gasteiger partial charge in [0.2, 0.25) is 5.95 Å². The number of rotatable bonds is 2. The number of nitrogens with zero attached hydrogens (tertiary/aromatic N) is 3. The first-order valence-electron chi connectivity index (χ1n) is 9.86. The molecule has 0 aliphatic carbocycles. The molecule has 4 aromatic rings. The number of para-hydroxylation sites is 1. The maximum atomic E-state index is 13.7. The monoisotopic (exact) mass is 430 g/mol. The third-order valence-corrected chi connectivity index (χ3v) is 5.93. The molecule has 6 rings (SSSR count). The molecule has 1 aromatic heterocycles. The van der Waals surface area contributed by atoms with Crippen LogP contribution in [-0.2, 0) is 0 Å². The van der Waals surface area contributed by atoms with E-state index in [-0.39, 0.29) is 11.9 Å². The van der Waals surface area contributed by atoms with Gasteiger partial charge >= 0.3 is 0 Å². The SMILES string of the molecule is Fc1ccc([C@@H]2Oc3ccccc3C3=C2[C@@H](c2ccc(Cl)cc2)n2ncnc2N3)cc1. The lowest BCUT2D eigenvalue weighted by Crippen LogP contribution is -2.32. The van der Waals surface area contributed by atoms with Gasteiger partial charge in [-0.25, -0.2) is 9.07 Å². The van der Waals surface area contributed by atoms with Crippen LogP contribution in [0.1, 0.15) is 28.8 Å². The molecule has 7 heteroatoms. The van der Waals surface area contributed by atoms with Gasteiger partial charge in [-0.2, -0.15) is 10.1 Å². The molecule has 5 nitrogen and oxygen atoms in total. The quantitative estimate of drug-likeness (QED) is 0.447. The van der Waals surface area contributed by atoms with E-state index in [2.05, 4.69) is 15.4 Å². The van der Waals surface area contributed by atoms with Crippen LogP contribution in [0, 0.1) is 5.82 Å². The second-order valence-corrected chi connectivity index (χ2v) is 7.92. The van der Waals surface area contributed by atoms with Crippen LogP contribution in [0.25, 0.3) is 5.70 Å². The average molecular weight is 431 g/mol. The van der Waals surface area contributed by atoms with E-state index in [0.29, 0.717) is 11.0 Å². The molecule has 0 saturated carbocycles. The summed E-state index contributed by atoms with van der Waals surface area (Å²) in [5.41, 5.74) is 4.71. The lowest BCUT2D eigenvalue weighted by molar-refractivity contribution is 0.223. The van der Waals surface area contributed by atoms with Crippen LogP contribution in [0.5, 0.6) is 5.75 Å². The Bertz CT molecular complexity index is 1310. The predicted octanol–water partition coefficient (Wildman–Crippen LogP) is 5.63. The Kier molecular flexibility index (Phi) is 4.07. The molecule has 0 unspecified atom stereocenters. The van der Waals surface area contributed by atoms with Crippen molar-refractivity contribution in [2.45, 2.75) is 12.1 Å². The molecule has 0 amide bonds. The van der Waals surface area contributed by atoms with Gasteiger partial charge in [0.15, 0.2) is 0 Å². The fourth-order valence-electron chi connectivity index (χ4n) is 4.30. The van der Waals surface area contributed by atoms with Crippen molar-refractivity contribution >= 4 is 23.2 Å². The zero-order valence-corrected chi connectivity index (χ0v) is 16.9. The summed E-state index contributed by atoms with van der Waals surface area (Å²) < 4.78 is 22.0. The number of anilines is 1. The summed E-state index contributed by atoms with van der Waals surface area (Å²) in [5.74, 6) is 1.11. The minimum absolute atomic E-state index is 0.269. The molecule has 0 fully saturated rings. The Morgan fingerprint density at radius 2 is 1.68 bits per heavy atom. The van der Waals surface area contributed by atoms with Crippen molar-refractivity contribution in [3.63, 3.8) is 0 Å². The van der Waals surface area contributed by atoms with Crippen LogP contribution in [-0.4, -0.2) is 14.8 Å². The van der Waals surface area contributed by atoms with Gasteiger partial charge in [0.05, 0.1) is 5.70 Å². The highest BCUT2D eigenvalue weighted by atomic mass is 35.5. The summed E-state index contributed by atoms with van der Waals surface area (Å²) in [7, 11) is 0. The molecule has 31 heavy (non-hydrogen) atoms. The summed E-state index contributed by atoms with van der Waals surface area (Å²) >= 11 is 6.15. The Balaban J connectivity index is 1.62. The van der Waals surface area contributed by atoms with E-state index in [9.17, 15) is 4.39 Å². The van der Waals surface area contributed by atoms with Crippen molar-refractivity contribution in [2.75, 3.05) is 5.32 Å². The van der Waals surface area contributed by atoms with Crippen molar-refractivity contribution in [3.8, 4) is 5.75 Å². The summed E-state index contributed by atoms with van der Waals surface area (Å²) in [6.45, 7) is 0. The lowest BCUT2D eigenvalue weighted by Gasteiger charge is -2.39. The number of fused-ring (bicyclic) bond motifs is 3. The Labute approximate surface area is 182 Å². The molecule has 3 heterocycles. The van der Waals surface area contributed by atoms with Crippen LogP contribution in [0.3, 0.4) is 0 Å². The van der Waals surface area contributed by atoms with E-state index in [1.165, 1.54) is 18.5 Å². The summed E-state index contributed by atoms with van der Waals surface area (Å²) in [5, 5.41) is 8.59. The van der Waals surface area contributed by atoms with Gasteiger partial charge < -0.3 is 10.1 Å². The molecule has 3 aromatic carbocycles. The van der Waals surface area contributed by atoms with Crippen molar-refractivity contribution in [1.29, 1.82) is 0 Å². The van der Waals surface area contributed by atoms with E-state index in [4.69, 9.17) is 16.3 Å². The third-order valence-electron chi connectivity index (χ3n) is 5.68. The molecule has 1 N–H and O–H groups in total. The Hall–Kier alpha value is -3.64. The van der Waals surface area contributed by atoms with Crippen molar-refractivity contribution in [2.24, 2.45) is 0 Å². The van der Waals surface area contributed by atoms with Crippen LogP contribution in [0.4, 0.5) is 10.3 Å². The molecule has 0 bridgehead atoms. The lowest BCUT2D eigenvalue weighted by atomic mass is 9.84. The van der Waals surface area contributed by atoms with Crippen LogP contribution in [0.15, 0.2) is 84.7 Å². The molecule has 2 aliphatic rings. The number of hydrogen-bond acceptors (Lipinski definition) is 4. The Morgan fingerprint density at radius 3 is 2.48 bits per heavy atom. The second kappa shape index (κ2) is 6.96.